The quantitative estimate of drug-likeness (QED) is 0.0670. The summed E-state index contributed by atoms with van der Waals surface area (Å²) in [6, 6.07) is 8.46. The molecule has 0 spiro atoms. The van der Waals surface area contributed by atoms with Crippen LogP contribution in [-0.4, -0.2) is 121 Å². The number of hydrogen-bond donors (Lipinski definition) is 2. The van der Waals surface area contributed by atoms with Gasteiger partial charge in [0.1, 0.15) is 11.3 Å². The molecule has 77 heavy (non-hydrogen) atoms. The fourth-order valence-electron chi connectivity index (χ4n) is 7.04. The van der Waals surface area contributed by atoms with E-state index in [4.69, 9.17) is 46.9 Å². The Morgan fingerprint density at radius 3 is 2.08 bits per heavy atom. The molecule has 1 aliphatic rings. The number of ether oxygens (including phenoxy) is 5. The third kappa shape index (κ3) is 13.4. The second-order valence-electron chi connectivity index (χ2n) is 15.9. The third-order valence-corrected chi connectivity index (χ3v) is 13.6. The first-order valence-electron chi connectivity index (χ1n) is 21.6. The van der Waals surface area contributed by atoms with Crippen LogP contribution in [-0.2, 0) is 58.3 Å². The van der Waals surface area contributed by atoms with Crippen molar-refractivity contribution in [1.82, 2.24) is 34.3 Å². The standard InChI is InChI=1S/C16H18Cl2N2O4.C14H13F3N6O5S.C14H13F3N2O4S/c1-4-23-14(21)12-9-16(3,15(22)24-5-2)20(19-12)13-7-6-10(17)8-11(13)18;1-26-8-6-9(27-2)23-13(19-8)20-12(21-23)22-29(24,25)10-7(14(15,16)17)4-5-18-11(10)28-3;1-7-11(13(21)19(2)18-7)12(20)9-5-4-8(14(15,16)17)6-10(9)24(3,22)23/h6-8H,4-5,9H2,1-3H3;4-6H,1-3H3,(H,21,22);4-6,18H,1-3H3. The number of H-pyrrole nitrogens is 1. The number of aryl methyl sites for hydroxylation is 2. The summed E-state index contributed by atoms with van der Waals surface area (Å²) in [6.45, 7) is 6.92. The van der Waals surface area contributed by atoms with Crippen LogP contribution in [0.4, 0.5) is 38.0 Å². The Morgan fingerprint density at radius 1 is 0.883 bits per heavy atom. The lowest BCUT2D eigenvalue weighted by Gasteiger charge is -2.32. The van der Waals surface area contributed by atoms with E-state index >= 15 is 0 Å². The number of hydrogen-bond acceptors (Lipinski definition) is 19. The molecule has 2 N–H and O–H groups in total. The number of ketones is 1. The maximum absolute atomic E-state index is 13.3. The van der Waals surface area contributed by atoms with Gasteiger partial charge in [-0.1, -0.05) is 23.2 Å². The van der Waals surface area contributed by atoms with Crippen LogP contribution in [0.15, 0.2) is 74.4 Å². The second kappa shape index (κ2) is 23.4. The third-order valence-electron chi connectivity index (χ3n) is 10.5. The van der Waals surface area contributed by atoms with Gasteiger partial charge in [0.15, 0.2) is 20.3 Å². The highest BCUT2D eigenvalue weighted by atomic mass is 35.5. The number of sulfone groups is 1. The van der Waals surface area contributed by atoms with Crippen LogP contribution in [0, 0.1) is 6.92 Å². The highest BCUT2D eigenvalue weighted by Crippen LogP contribution is 2.41. The van der Waals surface area contributed by atoms with Gasteiger partial charge >= 0.3 is 24.3 Å². The topological polar surface area (TPSA) is 287 Å². The van der Waals surface area contributed by atoms with Crippen LogP contribution in [0.3, 0.4) is 0 Å². The van der Waals surface area contributed by atoms with Crippen molar-refractivity contribution in [1.29, 1.82) is 0 Å². The number of benzene rings is 2. The number of anilines is 2. The van der Waals surface area contributed by atoms with Gasteiger partial charge in [0.25, 0.3) is 27.3 Å². The van der Waals surface area contributed by atoms with E-state index in [2.05, 4.69) is 30.3 Å². The Bertz CT molecular complexity index is 3570. The molecule has 416 valence electrons. The Hall–Kier alpha value is -7.51. The first-order chi connectivity index (χ1) is 35.8. The lowest BCUT2D eigenvalue weighted by atomic mass is 9.95. The monoisotopic (exact) mass is 1170 g/mol. The molecule has 1 aliphatic heterocycles. The van der Waals surface area contributed by atoms with E-state index in [1.165, 1.54) is 39.3 Å². The molecule has 0 saturated carbocycles. The number of sulfonamides is 1. The summed E-state index contributed by atoms with van der Waals surface area (Å²) in [7, 11) is -3.97. The molecule has 23 nitrogen and oxygen atoms in total. The molecule has 1 atom stereocenters. The number of rotatable bonds is 14. The van der Waals surface area contributed by atoms with E-state index < -0.39 is 99.3 Å². The summed E-state index contributed by atoms with van der Waals surface area (Å²) in [5.74, 6) is -3.24. The molecule has 0 saturated heterocycles. The molecule has 0 amide bonds. The highest BCUT2D eigenvalue weighted by Gasteiger charge is 2.50. The van der Waals surface area contributed by atoms with E-state index in [9.17, 15) is 62.4 Å². The zero-order chi connectivity index (χ0) is 57.7. The van der Waals surface area contributed by atoms with Gasteiger partial charge in [0.05, 0.1) is 67.3 Å². The van der Waals surface area contributed by atoms with Crippen LogP contribution < -0.4 is 29.5 Å². The molecule has 33 heteroatoms. The summed E-state index contributed by atoms with van der Waals surface area (Å²) >= 11 is 12.2. The number of alkyl halides is 6. The molecular weight excluding hydrogens is 1130 g/mol. The van der Waals surface area contributed by atoms with Crippen LogP contribution in [0.1, 0.15) is 59.9 Å². The average Bonchev–Trinajstić information content (AvgIpc) is 4.01. The summed E-state index contributed by atoms with van der Waals surface area (Å²) in [5, 5.41) is 12.9. The first-order valence-corrected chi connectivity index (χ1v) is 25.8. The number of aromatic nitrogens is 7. The van der Waals surface area contributed by atoms with Gasteiger partial charge in [0, 0.05) is 42.2 Å². The van der Waals surface area contributed by atoms with Crippen molar-refractivity contribution in [3.8, 4) is 17.6 Å². The summed E-state index contributed by atoms with van der Waals surface area (Å²) < 4.78 is 156. The molecule has 0 bridgehead atoms. The number of carbonyl (C=O) groups excluding carboxylic acids is 3. The SMILES string of the molecule is CCOC(=O)C1=NN(c2ccc(Cl)cc2Cl)C(C)(C(=O)OCC)C1.COc1cc(OC)n2nc(NS(=O)(=O)c3c(C(F)(F)F)ccnc3OC)nc2n1.Cc1[nH]n(C)c(=O)c1C(=O)c1ccc(C(F)(F)F)cc1S(C)(=O)=O. The zero-order valence-corrected chi connectivity index (χ0v) is 44.7. The fraction of sp³-hybridized carbons (Fsp3) is 0.341. The Morgan fingerprint density at radius 2 is 1.55 bits per heavy atom. The van der Waals surface area contributed by atoms with E-state index in [1.807, 2.05) is 4.72 Å². The van der Waals surface area contributed by atoms with Gasteiger partial charge in [-0.05, 0) is 70.2 Å². The van der Waals surface area contributed by atoms with Crippen molar-refractivity contribution >= 4 is 83.9 Å². The van der Waals surface area contributed by atoms with E-state index in [0.717, 1.165) is 28.6 Å². The molecule has 7 rings (SSSR count). The second-order valence-corrected chi connectivity index (χ2v) is 20.4. The van der Waals surface area contributed by atoms with Crippen LogP contribution in [0.5, 0.6) is 17.6 Å². The zero-order valence-electron chi connectivity index (χ0n) is 41.5. The largest absolute Gasteiger partial charge is 0.481 e. The van der Waals surface area contributed by atoms with Gasteiger partial charge < -0.3 is 23.7 Å². The molecule has 6 aromatic rings. The van der Waals surface area contributed by atoms with Crippen molar-refractivity contribution in [3.05, 3.63) is 103 Å². The molecular formula is C44H44Cl2F6N10O13S2. The van der Waals surface area contributed by atoms with E-state index in [0.29, 0.717) is 40.2 Å². The number of carbonyl (C=O) groups is 3. The van der Waals surface area contributed by atoms with Crippen molar-refractivity contribution in [2.45, 2.75) is 61.8 Å². The number of hydrazone groups is 1. The smallest absolute Gasteiger partial charge is 0.418 e. The van der Waals surface area contributed by atoms with Crippen LogP contribution in [0.2, 0.25) is 10.0 Å². The summed E-state index contributed by atoms with van der Waals surface area (Å²) in [5.41, 5.74) is -4.57. The minimum atomic E-state index is -4.98. The number of halogens is 8. The first kappa shape index (κ1) is 60.4. The van der Waals surface area contributed by atoms with Crippen molar-refractivity contribution in [2.75, 3.05) is 50.5 Å². The molecule has 0 radical (unpaired) electrons. The Labute approximate surface area is 443 Å². The van der Waals surface area contributed by atoms with Gasteiger partial charge in [-0.15, -0.1) is 5.10 Å². The minimum absolute atomic E-state index is 0.0591. The summed E-state index contributed by atoms with van der Waals surface area (Å²) in [6.07, 6.45) is -8.21. The minimum Gasteiger partial charge on any atom is -0.481 e. The van der Waals surface area contributed by atoms with Crippen LogP contribution in [0.25, 0.3) is 5.78 Å². The number of aromatic amines is 1. The Kier molecular flexibility index (Phi) is 18.3. The number of fused-ring (bicyclic) bond motifs is 1. The Balaban J connectivity index is 0.000000215. The van der Waals surface area contributed by atoms with Gasteiger partial charge in [0.2, 0.25) is 23.4 Å². The lowest BCUT2D eigenvalue weighted by molar-refractivity contribution is -0.148. The maximum Gasteiger partial charge on any atom is 0.418 e. The van der Waals surface area contributed by atoms with E-state index in [1.54, 1.807) is 39.0 Å². The van der Waals surface area contributed by atoms with Gasteiger partial charge in [-0.3, -0.25) is 19.4 Å². The molecule has 2 aromatic carbocycles. The lowest BCUT2D eigenvalue weighted by Crippen LogP contribution is -2.48. The number of methoxy groups -OCH3 is 3. The van der Waals surface area contributed by atoms with Gasteiger partial charge in [-0.2, -0.15) is 45.9 Å². The number of nitrogens with one attached hydrogen (secondary N) is 2. The van der Waals surface area contributed by atoms with E-state index in [-0.39, 0.29) is 54.1 Å². The molecule has 4 aromatic heterocycles. The molecule has 0 aliphatic carbocycles. The predicted molar refractivity (Wildman–Crippen MR) is 262 cm³/mol. The van der Waals surface area contributed by atoms with Gasteiger partial charge in [-0.25, -0.2) is 41.1 Å². The normalized spacial score (nSPS) is 14.6. The van der Waals surface area contributed by atoms with Crippen LogP contribution >= 0.6 is 23.2 Å². The van der Waals surface area contributed by atoms with Crippen molar-refractivity contribution in [2.24, 2.45) is 12.1 Å². The molecule has 5 heterocycles. The predicted octanol–water partition coefficient (Wildman–Crippen LogP) is 6.48. The summed E-state index contributed by atoms with van der Waals surface area (Å²) in [4.78, 5) is 58.4. The highest BCUT2D eigenvalue weighted by molar-refractivity contribution is 7.93. The average molecular weight is 1170 g/mol. The number of pyridine rings is 1. The molecule has 1 unspecified atom stereocenters. The van der Waals surface area contributed by atoms with Crippen molar-refractivity contribution in [3.63, 3.8) is 0 Å². The number of esters is 2. The maximum atomic E-state index is 13.3. The fourth-order valence-corrected chi connectivity index (χ4v) is 9.70. The molecule has 0 fully saturated rings. The number of nitrogens with zero attached hydrogens (tertiary/aromatic N) is 8. The van der Waals surface area contributed by atoms with Crippen molar-refractivity contribution < 1.29 is 81.2 Å².